The van der Waals surface area contributed by atoms with Gasteiger partial charge in [-0.15, -0.1) is 0 Å². The number of nitrogens with zero attached hydrogens (tertiary/aromatic N) is 3. The van der Waals surface area contributed by atoms with E-state index < -0.39 is 0 Å². The van der Waals surface area contributed by atoms with E-state index in [0.29, 0.717) is 50.3 Å². The average Bonchev–Trinajstić information content (AvgIpc) is 3.25. The number of hydrogen-bond donors (Lipinski definition) is 1. The lowest BCUT2D eigenvalue weighted by Gasteiger charge is -2.34. The Bertz CT molecular complexity index is 1030. The third-order valence-electron chi connectivity index (χ3n) is 6.19. The SMILES string of the molecule is Cc1cc(C(=O)CN2CCN(C(=O)CCCN3C(=O)c4ccccc4C3=O)CC2)c(C)[nH]1. The third-order valence-corrected chi connectivity index (χ3v) is 6.19. The highest BCUT2D eigenvalue weighted by molar-refractivity contribution is 6.21. The van der Waals surface area contributed by atoms with Gasteiger partial charge >= 0.3 is 0 Å². The van der Waals surface area contributed by atoms with Crippen molar-refractivity contribution in [2.45, 2.75) is 26.7 Å². The maximum absolute atomic E-state index is 12.6. The average molecular weight is 437 g/mol. The molecule has 168 valence electrons. The molecule has 2 aliphatic heterocycles. The van der Waals surface area contributed by atoms with E-state index in [2.05, 4.69) is 9.88 Å². The second-order valence-electron chi connectivity index (χ2n) is 8.48. The first kappa shape index (κ1) is 22.0. The number of aromatic nitrogens is 1. The first-order chi connectivity index (χ1) is 15.3. The van der Waals surface area contributed by atoms with E-state index in [1.54, 1.807) is 29.2 Å². The van der Waals surface area contributed by atoms with Gasteiger partial charge in [-0.3, -0.25) is 29.0 Å². The zero-order chi connectivity index (χ0) is 22.8. The van der Waals surface area contributed by atoms with Crippen LogP contribution in [0.3, 0.4) is 0 Å². The van der Waals surface area contributed by atoms with Gasteiger partial charge in [-0.1, -0.05) is 12.1 Å². The Kier molecular flexibility index (Phi) is 6.23. The lowest BCUT2D eigenvalue weighted by atomic mass is 10.1. The van der Waals surface area contributed by atoms with Gasteiger partial charge < -0.3 is 9.88 Å². The monoisotopic (exact) mass is 436 g/mol. The molecule has 1 aromatic carbocycles. The third kappa shape index (κ3) is 4.36. The fourth-order valence-corrected chi connectivity index (χ4v) is 4.45. The van der Waals surface area contributed by atoms with Crippen molar-refractivity contribution < 1.29 is 19.2 Å². The summed E-state index contributed by atoms with van der Waals surface area (Å²) in [6.07, 6.45) is 0.725. The van der Waals surface area contributed by atoms with Crippen molar-refractivity contribution in [3.8, 4) is 0 Å². The standard InChI is InChI=1S/C24H28N4O4/c1-16-14-20(17(2)25-16)21(29)15-26-10-12-27(13-11-26)22(30)8-5-9-28-23(31)18-6-3-4-7-19(18)24(28)32/h3-4,6-7,14,25H,5,8-13,15H2,1-2H3. The number of hydrogen-bond acceptors (Lipinski definition) is 5. The van der Waals surface area contributed by atoms with Crippen LogP contribution in [0, 0.1) is 13.8 Å². The number of aryl methyl sites for hydroxylation is 2. The van der Waals surface area contributed by atoms with E-state index in [9.17, 15) is 19.2 Å². The number of carbonyl (C=O) groups is 4. The molecule has 3 amide bonds. The van der Waals surface area contributed by atoms with Crippen LogP contribution in [0.5, 0.6) is 0 Å². The molecule has 0 saturated carbocycles. The molecule has 1 fully saturated rings. The topological polar surface area (TPSA) is 93.8 Å². The second-order valence-corrected chi connectivity index (χ2v) is 8.48. The molecule has 1 aromatic heterocycles. The summed E-state index contributed by atoms with van der Waals surface area (Å²) in [6, 6.07) is 8.67. The normalized spacial score (nSPS) is 16.6. The molecule has 0 unspecified atom stereocenters. The lowest BCUT2D eigenvalue weighted by molar-refractivity contribution is -0.133. The van der Waals surface area contributed by atoms with Crippen molar-refractivity contribution in [1.29, 1.82) is 0 Å². The number of aromatic amines is 1. The molecular formula is C24H28N4O4. The quantitative estimate of drug-likeness (QED) is 0.530. The maximum atomic E-state index is 12.6. The predicted molar refractivity (Wildman–Crippen MR) is 119 cm³/mol. The van der Waals surface area contributed by atoms with Gasteiger partial charge in [0.15, 0.2) is 5.78 Å². The summed E-state index contributed by atoms with van der Waals surface area (Å²) < 4.78 is 0. The van der Waals surface area contributed by atoms with Crippen LogP contribution in [-0.4, -0.2) is 82.5 Å². The molecule has 8 nitrogen and oxygen atoms in total. The fraction of sp³-hybridized carbons (Fsp3) is 0.417. The summed E-state index contributed by atoms with van der Waals surface area (Å²) in [4.78, 5) is 58.2. The molecule has 0 atom stereocenters. The number of nitrogens with one attached hydrogen (secondary N) is 1. The van der Waals surface area contributed by atoms with E-state index in [1.165, 1.54) is 4.90 Å². The van der Waals surface area contributed by atoms with E-state index in [1.807, 2.05) is 19.9 Å². The molecule has 0 aliphatic carbocycles. The molecule has 2 aliphatic rings. The van der Waals surface area contributed by atoms with Gasteiger partial charge in [0, 0.05) is 56.1 Å². The molecule has 0 bridgehead atoms. The van der Waals surface area contributed by atoms with Crippen molar-refractivity contribution in [3.05, 3.63) is 58.4 Å². The Labute approximate surface area is 187 Å². The largest absolute Gasteiger partial charge is 0.362 e. The van der Waals surface area contributed by atoms with Crippen LogP contribution < -0.4 is 0 Å². The van der Waals surface area contributed by atoms with E-state index in [4.69, 9.17) is 0 Å². The predicted octanol–water partition coefficient (Wildman–Crippen LogP) is 2.03. The van der Waals surface area contributed by atoms with Crippen molar-refractivity contribution >= 4 is 23.5 Å². The van der Waals surface area contributed by atoms with Crippen LogP contribution in [0.1, 0.15) is 55.3 Å². The Morgan fingerprint density at radius 3 is 2.16 bits per heavy atom. The van der Waals surface area contributed by atoms with Gasteiger partial charge in [-0.25, -0.2) is 0 Å². The summed E-state index contributed by atoms with van der Waals surface area (Å²) in [7, 11) is 0. The van der Waals surface area contributed by atoms with Crippen molar-refractivity contribution in [2.75, 3.05) is 39.3 Å². The Balaban J connectivity index is 1.21. The molecule has 1 saturated heterocycles. The highest BCUT2D eigenvalue weighted by Crippen LogP contribution is 2.22. The minimum absolute atomic E-state index is 0.0182. The van der Waals surface area contributed by atoms with Gasteiger partial charge in [0.2, 0.25) is 5.91 Å². The number of benzene rings is 1. The van der Waals surface area contributed by atoms with Crippen LogP contribution in [0.15, 0.2) is 30.3 Å². The number of H-pyrrole nitrogens is 1. The number of piperazine rings is 1. The smallest absolute Gasteiger partial charge is 0.261 e. The van der Waals surface area contributed by atoms with E-state index >= 15 is 0 Å². The van der Waals surface area contributed by atoms with Crippen molar-refractivity contribution in [1.82, 2.24) is 19.7 Å². The van der Waals surface area contributed by atoms with E-state index in [-0.39, 0.29) is 36.5 Å². The summed E-state index contributed by atoms with van der Waals surface area (Å²) in [5.41, 5.74) is 3.45. The molecular weight excluding hydrogens is 408 g/mol. The highest BCUT2D eigenvalue weighted by Gasteiger charge is 2.34. The summed E-state index contributed by atoms with van der Waals surface area (Å²) in [6.45, 7) is 6.87. The molecule has 0 radical (unpaired) electrons. The number of imide groups is 1. The number of ketones is 1. The molecule has 4 rings (SSSR count). The number of carbonyl (C=O) groups excluding carboxylic acids is 4. The summed E-state index contributed by atoms with van der Waals surface area (Å²) >= 11 is 0. The minimum Gasteiger partial charge on any atom is -0.362 e. The van der Waals surface area contributed by atoms with Crippen LogP contribution >= 0.6 is 0 Å². The molecule has 3 heterocycles. The highest BCUT2D eigenvalue weighted by atomic mass is 16.2. The Morgan fingerprint density at radius 2 is 1.59 bits per heavy atom. The molecule has 32 heavy (non-hydrogen) atoms. The van der Waals surface area contributed by atoms with Gasteiger partial charge in [0.05, 0.1) is 17.7 Å². The molecule has 2 aromatic rings. The number of Topliss-reactive ketones (excluding diaryl/α,β-unsaturated/α-hetero) is 1. The van der Waals surface area contributed by atoms with Gasteiger partial charge in [0.25, 0.3) is 11.8 Å². The van der Waals surface area contributed by atoms with Crippen LogP contribution in [0.25, 0.3) is 0 Å². The summed E-state index contributed by atoms with van der Waals surface area (Å²) in [5.74, 6) is -0.467. The Hall–Kier alpha value is -3.26. The van der Waals surface area contributed by atoms with Gasteiger partial charge in [0.1, 0.15) is 0 Å². The zero-order valence-electron chi connectivity index (χ0n) is 18.5. The zero-order valence-corrected chi connectivity index (χ0v) is 18.5. The molecule has 8 heteroatoms. The maximum Gasteiger partial charge on any atom is 0.261 e. The van der Waals surface area contributed by atoms with E-state index in [0.717, 1.165) is 17.0 Å². The summed E-state index contributed by atoms with van der Waals surface area (Å²) in [5, 5.41) is 0. The lowest BCUT2D eigenvalue weighted by Crippen LogP contribution is -2.50. The van der Waals surface area contributed by atoms with Crippen LogP contribution in [0.2, 0.25) is 0 Å². The number of amides is 3. The molecule has 0 spiro atoms. The van der Waals surface area contributed by atoms with Crippen molar-refractivity contribution in [3.63, 3.8) is 0 Å². The molecule has 1 N–H and O–H groups in total. The van der Waals surface area contributed by atoms with Gasteiger partial charge in [-0.2, -0.15) is 0 Å². The number of fused-ring (bicyclic) bond motifs is 1. The van der Waals surface area contributed by atoms with Crippen LogP contribution in [-0.2, 0) is 4.79 Å². The minimum atomic E-state index is -0.288. The Morgan fingerprint density at radius 1 is 0.969 bits per heavy atom. The first-order valence-corrected chi connectivity index (χ1v) is 11.0. The number of rotatable bonds is 7. The van der Waals surface area contributed by atoms with Crippen molar-refractivity contribution in [2.24, 2.45) is 0 Å². The fourth-order valence-electron chi connectivity index (χ4n) is 4.45. The van der Waals surface area contributed by atoms with Gasteiger partial charge in [-0.05, 0) is 38.5 Å². The second kappa shape index (κ2) is 9.08. The van der Waals surface area contributed by atoms with Crippen LogP contribution in [0.4, 0.5) is 0 Å². The first-order valence-electron chi connectivity index (χ1n) is 11.0.